The third-order valence-electron chi connectivity index (χ3n) is 3.73. The first kappa shape index (κ1) is 18.7. The van der Waals surface area contributed by atoms with Gasteiger partial charge in [-0.05, 0) is 24.3 Å². The van der Waals surface area contributed by atoms with Gasteiger partial charge in [-0.2, -0.15) is 0 Å². The fourth-order valence-corrected chi connectivity index (χ4v) is 2.88. The predicted molar refractivity (Wildman–Crippen MR) is 92.0 cm³/mol. The molecule has 0 saturated carbocycles. The lowest BCUT2D eigenvalue weighted by Gasteiger charge is -2.14. The molecule has 1 aromatic heterocycles. The minimum Gasteiger partial charge on any atom is -0.465 e. The molecule has 0 radical (unpaired) electrons. The summed E-state index contributed by atoms with van der Waals surface area (Å²) in [7, 11) is 0. The molecule has 0 atom stereocenters. The number of halogens is 4. The Labute approximate surface area is 154 Å². The highest BCUT2D eigenvalue weighted by molar-refractivity contribution is 6.35. The van der Waals surface area contributed by atoms with E-state index < -0.39 is 34.1 Å². The SMILES string of the molecule is O=C(O)NCCc1nc2ccc(F)c(Cl)c2c(=O)n1-c1cc(F)cc(F)c1. The van der Waals surface area contributed by atoms with E-state index in [-0.39, 0.29) is 35.4 Å². The zero-order valence-electron chi connectivity index (χ0n) is 13.5. The maximum absolute atomic E-state index is 13.8. The molecule has 0 saturated heterocycles. The summed E-state index contributed by atoms with van der Waals surface area (Å²) in [5, 5.41) is 10.1. The second kappa shape index (κ2) is 7.28. The van der Waals surface area contributed by atoms with Crippen molar-refractivity contribution in [2.24, 2.45) is 0 Å². The quantitative estimate of drug-likeness (QED) is 0.707. The lowest BCUT2D eigenvalue weighted by molar-refractivity contribution is 0.194. The van der Waals surface area contributed by atoms with Crippen LogP contribution in [0.4, 0.5) is 18.0 Å². The molecule has 3 rings (SSSR count). The first-order valence-corrected chi connectivity index (χ1v) is 7.98. The van der Waals surface area contributed by atoms with Crippen molar-refractivity contribution < 1.29 is 23.1 Å². The third kappa shape index (κ3) is 3.72. The molecule has 6 nitrogen and oxygen atoms in total. The number of amides is 1. The first-order valence-electron chi connectivity index (χ1n) is 7.61. The first-order chi connectivity index (χ1) is 12.8. The summed E-state index contributed by atoms with van der Waals surface area (Å²) in [6.45, 7) is -0.111. The molecule has 0 bridgehead atoms. The number of hydrogen-bond donors (Lipinski definition) is 2. The van der Waals surface area contributed by atoms with Crippen LogP contribution in [0.3, 0.4) is 0 Å². The number of nitrogens with one attached hydrogen (secondary N) is 1. The normalized spacial score (nSPS) is 11.0. The van der Waals surface area contributed by atoms with Gasteiger partial charge in [-0.15, -0.1) is 0 Å². The molecule has 0 aliphatic carbocycles. The zero-order chi connectivity index (χ0) is 19.7. The minimum atomic E-state index is -1.29. The van der Waals surface area contributed by atoms with Crippen molar-refractivity contribution in [3.8, 4) is 5.69 Å². The van der Waals surface area contributed by atoms with Crippen molar-refractivity contribution in [2.45, 2.75) is 6.42 Å². The molecule has 1 heterocycles. The monoisotopic (exact) mass is 397 g/mol. The van der Waals surface area contributed by atoms with Crippen LogP contribution in [0.5, 0.6) is 0 Å². The molecule has 0 aliphatic rings. The lowest BCUT2D eigenvalue weighted by Crippen LogP contribution is -2.29. The Morgan fingerprint density at radius 1 is 1.19 bits per heavy atom. The van der Waals surface area contributed by atoms with Crippen molar-refractivity contribution in [3.63, 3.8) is 0 Å². The number of hydrogen-bond acceptors (Lipinski definition) is 3. The van der Waals surface area contributed by atoms with Crippen LogP contribution in [-0.4, -0.2) is 27.3 Å². The molecule has 2 N–H and O–H groups in total. The van der Waals surface area contributed by atoms with Crippen molar-refractivity contribution in [1.82, 2.24) is 14.9 Å². The molecule has 0 aliphatic heterocycles. The van der Waals surface area contributed by atoms with Gasteiger partial charge in [-0.25, -0.2) is 22.9 Å². The highest BCUT2D eigenvalue weighted by Gasteiger charge is 2.18. The zero-order valence-corrected chi connectivity index (χ0v) is 14.2. The topological polar surface area (TPSA) is 84.2 Å². The van der Waals surface area contributed by atoms with E-state index in [0.29, 0.717) is 6.07 Å². The maximum atomic E-state index is 13.8. The number of benzene rings is 2. The fourth-order valence-electron chi connectivity index (χ4n) is 2.64. The van der Waals surface area contributed by atoms with Gasteiger partial charge in [-0.1, -0.05) is 11.6 Å². The van der Waals surface area contributed by atoms with Crippen molar-refractivity contribution in [1.29, 1.82) is 0 Å². The second-order valence-electron chi connectivity index (χ2n) is 5.53. The van der Waals surface area contributed by atoms with Gasteiger partial charge in [0.15, 0.2) is 0 Å². The van der Waals surface area contributed by atoms with E-state index in [1.807, 2.05) is 0 Å². The molecule has 27 heavy (non-hydrogen) atoms. The van der Waals surface area contributed by atoms with Gasteiger partial charge in [-0.3, -0.25) is 9.36 Å². The van der Waals surface area contributed by atoms with Gasteiger partial charge in [0, 0.05) is 19.0 Å². The number of aromatic nitrogens is 2. The average Bonchev–Trinajstić information content (AvgIpc) is 2.57. The van der Waals surface area contributed by atoms with E-state index in [0.717, 1.165) is 22.8 Å². The van der Waals surface area contributed by atoms with E-state index >= 15 is 0 Å². The summed E-state index contributed by atoms with van der Waals surface area (Å²) in [5.74, 6) is -2.69. The molecule has 0 spiro atoms. The van der Waals surface area contributed by atoms with Crippen LogP contribution in [0.25, 0.3) is 16.6 Å². The summed E-state index contributed by atoms with van der Waals surface area (Å²) in [5.41, 5.74) is -0.942. The van der Waals surface area contributed by atoms with Crippen molar-refractivity contribution in [3.05, 3.63) is 69.0 Å². The van der Waals surface area contributed by atoms with Gasteiger partial charge in [0.25, 0.3) is 5.56 Å². The Morgan fingerprint density at radius 3 is 2.48 bits per heavy atom. The van der Waals surface area contributed by atoms with E-state index in [9.17, 15) is 22.8 Å². The lowest BCUT2D eigenvalue weighted by atomic mass is 10.2. The summed E-state index contributed by atoms with van der Waals surface area (Å²) >= 11 is 5.88. The Bertz CT molecular complexity index is 1100. The van der Waals surface area contributed by atoms with Crippen LogP contribution in [0, 0.1) is 17.5 Å². The Kier molecular flexibility index (Phi) is 5.04. The Morgan fingerprint density at radius 2 is 1.85 bits per heavy atom. The van der Waals surface area contributed by atoms with Crippen LogP contribution in [-0.2, 0) is 6.42 Å². The van der Waals surface area contributed by atoms with E-state index in [1.165, 1.54) is 6.07 Å². The van der Waals surface area contributed by atoms with E-state index in [2.05, 4.69) is 10.3 Å². The average molecular weight is 398 g/mol. The molecule has 1 amide bonds. The van der Waals surface area contributed by atoms with Crippen LogP contribution in [0.1, 0.15) is 5.82 Å². The minimum absolute atomic E-state index is 0.0222. The van der Waals surface area contributed by atoms with Gasteiger partial charge >= 0.3 is 6.09 Å². The molecular weight excluding hydrogens is 387 g/mol. The highest BCUT2D eigenvalue weighted by Crippen LogP contribution is 2.24. The number of nitrogens with zero attached hydrogens (tertiary/aromatic N) is 2. The summed E-state index contributed by atoms with van der Waals surface area (Å²) in [4.78, 5) is 27.8. The molecular formula is C17H11ClF3N3O3. The molecule has 0 fully saturated rings. The molecule has 3 aromatic rings. The van der Waals surface area contributed by atoms with Gasteiger partial charge in [0.2, 0.25) is 0 Å². The molecule has 0 unspecified atom stereocenters. The van der Waals surface area contributed by atoms with Crippen LogP contribution < -0.4 is 10.9 Å². The van der Waals surface area contributed by atoms with Gasteiger partial charge < -0.3 is 10.4 Å². The number of fused-ring (bicyclic) bond motifs is 1. The standard InChI is InChI=1S/C17H11ClF3N3O3/c18-15-11(21)1-2-12-14(15)16(25)24(10-6-8(19)5-9(20)7-10)13(23-12)3-4-22-17(26)27/h1-2,5-7,22H,3-4H2,(H,26,27). The van der Waals surface area contributed by atoms with E-state index in [4.69, 9.17) is 16.7 Å². The summed E-state index contributed by atoms with van der Waals surface area (Å²) in [6, 6.07) is 4.70. The molecule has 10 heteroatoms. The molecule has 140 valence electrons. The smallest absolute Gasteiger partial charge is 0.404 e. The van der Waals surface area contributed by atoms with Crippen LogP contribution >= 0.6 is 11.6 Å². The van der Waals surface area contributed by atoms with Crippen LogP contribution in [0.2, 0.25) is 5.02 Å². The number of rotatable bonds is 4. The van der Waals surface area contributed by atoms with Gasteiger partial charge in [0.1, 0.15) is 23.3 Å². The molecule has 2 aromatic carbocycles. The number of carboxylic acid groups (broad SMARTS) is 1. The Balaban J connectivity index is 2.29. The maximum Gasteiger partial charge on any atom is 0.404 e. The van der Waals surface area contributed by atoms with E-state index in [1.54, 1.807) is 0 Å². The Hall–Kier alpha value is -3.07. The second-order valence-corrected chi connectivity index (χ2v) is 5.91. The van der Waals surface area contributed by atoms with Crippen molar-refractivity contribution in [2.75, 3.05) is 6.54 Å². The highest BCUT2D eigenvalue weighted by atomic mass is 35.5. The predicted octanol–water partition coefficient (Wildman–Crippen LogP) is 3.27. The van der Waals surface area contributed by atoms with Crippen molar-refractivity contribution >= 4 is 28.6 Å². The van der Waals surface area contributed by atoms with Gasteiger partial charge in [0.05, 0.1) is 21.6 Å². The summed E-state index contributed by atoms with van der Waals surface area (Å²) in [6.07, 6.45) is -1.35. The summed E-state index contributed by atoms with van der Waals surface area (Å²) < 4.78 is 41.9. The largest absolute Gasteiger partial charge is 0.465 e. The third-order valence-corrected chi connectivity index (χ3v) is 4.10. The number of carbonyl (C=O) groups is 1. The van der Waals surface area contributed by atoms with Crippen LogP contribution in [0.15, 0.2) is 35.1 Å². The fraction of sp³-hybridized carbons (Fsp3) is 0.118.